The van der Waals surface area contributed by atoms with Crippen LogP contribution in [0.4, 0.5) is 0 Å². The molecule has 5 heteroatoms. The number of hydrogen-bond donors (Lipinski definition) is 2. The van der Waals surface area contributed by atoms with Crippen LogP contribution in [0.25, 0.3) is 0 Å². The molecule has 1 aliphatic carbocycles. The summed E-state index contributed by atoms with van der Waals surface area (Å²) in [6.07, 6.45) is 3.70. The summed E-state index contributed by atoms with van der Waals surface area (Å²) in [5.41, 5.74) is 2.94. The van der Waals surface area contributed by atoms with Crippen molar-refractivity contribution in [1.82, 2.24) is 15.2 Å². The number of carbonyl (C=O) groups is 1. The molecule has 1 heterocycles. The average molecular weight is 274 g/mol. The van der Waals surface area contributed by atoms with Crippen molar-refractivity contribution in [2.24, 2.45) is 7.05 Å². The molecule has 1 fully saturated rings. The van der Waals surface area contributed by atoms with E-state index in [1.54, 1.807) is 0 Å². The SMILES string of the molecule is Cc1c(CNCCCC(=O)NC2CC2)cc(C#N)n1C. The second kappa shape index (κ2) is 6.58. The van der Waals surface area contributed by atoms with Gasteiger partial charge in [-0.2, -0.15) is 5.26 Å². The molecule has 1 saturated carbocycles. The maximum absolute atomic E-state index is 11.5. The van der Waals surface area contributed by atoms with Crippen molar-refractivity contribution in [2.45, 2.75) is 45.2 Å². The number of nitrogens with one attached hydrogen (secondary N) is 2. The van der Waals surface area contributed by atoms with Crippen LogP contribution in [0.3, 0.4) is 0 Å². The van der Waals surface area contributed by atoms with Gasteiger partial charge in [0, 0.05) is 31.7 Å². The first-order valence-electron chi connectivity index (χ1n) is 7.17. The smallest absolute Gasteiger partial charge is 0.220 e. The maximum Gasteiger partial charge on any atom is 0.220 e. The topological polar surface area (TPSA) is 69.8 Å². The van der Waals surface area contributed by atoms with Crippen LogP contribution in [0.2, 0.25) is 0 Å². The minimum absolute atomic E-state index is 0.164. The van der Waals surface area contributed by atoms with Crippen molar-refractivity contribution in [2.75, 3.05) is 6.54 Å². The first kappa shape index (κ1) is 14.6. The molecule has 1 aromatic rings. The maximum atomic E-state index is 11.5. The number of amides is 1. The number of rotatable bonds is 7. The Morgan fingerprint density at radius 1 is 1.55 bits per heavy atom. The fourth-order valence-electron chi connectivity index (χ4n) is 2.17. The summed E-state index contributed by atoms with van der Waals surface area (Å²) in [5, 5.41) is 15.3. The minimum atomic E-state index is 0.164. The molecule has 0 radical (unpaired) electrons. The predicted octanol–water partition coefficient (Wildman–Crippen LogP) is 1.35. The van der Waals surface area contributed by atoms with Crippen LogP contribution in [-0.4, -0.2) is 23.1 Å². The van der Waals surface area contributed by atoms with Crippen LogP contribution >= 0.6 is 0 Å². The van der Waals surface area contributed by atoms with E-state index in [9.17, 15) is 4.79 Å². The highest BCUT2D eigenvalue weighted by atomic mass is 16.1. The summed E-state index contributed by atoms with van der Waals surface area (Å²) in [4.78, 5) is 11.5. The Kier molecular flexibility index (Phi) is 4.80. The zero-order valence-corrected chi connectivity index (χ0v) is 12.2. The first-order valence-corrected chi connectivity index (χ1v) is 7.17. The van der Waals surface area contributed by atoms with Gasteiger partial charge >= 0.3 is 0 Å². The Hall–Kier alpha value is -1.80. The Morgan fingerprint density at radius 3 is 2.90 bits per heavy atom. The predicted molar refractivity (Wildman–Crippen MR) is 77.0 cm³/mol. The summed E-state index contributed by atoms with van der Waals surface area (Å²) in [6, 6.07) is 4.55. The molecule has 0 atom stereocenters. The zero-order chi connectivity index (χ0) is 14.5. The van der Waals surface area contributed by atoms with E-state index in [-0.39, 0.29) is 5.91 Å². The van der Waals surface area contributed by atoms with Gasteiger partial charge in [0.15, 0.2) is 0 Å². The largest absolute Gasteiger partial charge is 0.353 e. The van der Waals surface area contributed by atoms with Crippen LogP contribution in [0.1, 0.15) is 42.6 Å². The van der Waals surface area contributed by atoms with Gasteiger partial charge in [0.2, 0.25) is 5.91 Å². The van der Waals surface area contributed by atoms with E-state index in [4.69, 9.17) is 5.26 Å². The number of nitrogens with zero attached hydrogens (tertiary/aromatic N) is 2. The standard InChI is InChI=1S/C15H22N4O/c1-11-12(8-14(9-16)19(11)2)10-17-7-3-4-15(20)18-13-5-6-13/h8,13,17H,3-7,10H2,1-2H3,(H,18,20). The highest BCUT2D eigenvalue weighted by molar-refractivity contribution is 5.76. The minimum Gasteiger partial charge on any atom is -0.353 e. The van der Waals surface area contributed by atoms with Crippen LogP contribution in [0, 0.1) is 18.3 Å². The lowest BCUT2D eigenvalue weighted by Crippen LogP contribution is -2.26. The van der Waals surface area contributed by atoms with Gasteiger partial charge < -0.3 is 15.2 Å². The molecule has 20 heavy (non-hydrogen) atoms. The van der Waals surface area contributed by atoms with E-state index in [1.165, 1.54) is 0 Å². The molecule has 0 bridgehead atoms. The molecule has 0 aromatic carbocycles. The molecule has 2 rings (SSSR count). The molecule has 1 aliphatic rings. The third kappa shape index (κ3) is 3.84. The monoisotopic (exact) mass is 274 g/mol. The van der Waals surface area contributed by atoms with Gasteiger partial charge in [-0.15, -0.1) is 0 Å². The Labute approximate surface area is 120 Å². The summed E-state index contributed by atoms with van der Waals surface area (Å²) in [7, 11) is 1.90. The van der Waals surface area contributed by atoms with Gasteiger partial charge in [-0.3, -0.25) is 4.79 Å². The number of hydrogen-bond acceptors (Lipinski definition) is 3. The average Bonchev–Trinajstić information content (AvgIpc) is 3.19. The second-order valence-electron chi connectivity index (χ2n) is 5.43. The number of nitriles is 1. The quantitative estimate of drug-likeness (QED) is 0.737. The number of aromatic nitrogens is 1. The van der Waals surface area contributed by atoms with Crippen molar-refractivity contribution in [3.05, 3.63) is 23.0 Å². The fourth-order valence-corrected chi connectivity index (χ4v) is 2.17. The molecular weight excluding hydrogens is 252 g/mol. The fraction of sp³-hybridized carbons (Fsp3) is 0.600. The molecule has 0 saturated heterocycles. The van der Waals surface area contributed by atoms with Crippen molar-refractivity contribution in [3.63, 3.8) is 0 Å². The Morgan fingerprint density at radius 2 is 2.30 bits per heavy atom. The van der Waals surface area contributed by atoms with Gasteiger partial charge in [0.1, 0.15) is 11.8 Å². The molecule has 1 amide bonds. The lowest BCUT2D eigenvalue weighted by Gasteiger charge is -2.06. The molecule has 108 valence electrons. The Balaban J connectivity index is 1.65. The van der Waals surface area contributed by atoms with E-state index >= 15 is 0 Å². The van der Waals surface area contributed by atoms with Crippen LogP contribution in [0.5, 0.6) is 0 Å². The van der Waals surface area contributed by atoms with Crippen LogP contribution in [-0.2, 0) is 18.4 Å². The first-order chi connectivity index (χ1) is 9.61. The molecule has 0 spiro atoms. The third-order valence-electron chi connectivity index (χ3n) is 3.77. The van der Waals surface area contributed by atoms with Gasteiger partial charge in [0.05, 0.1) is 0 Å². The summed E-state index contributed by atoms with van der Waals surface area (Å²) in [5.74, 6) is 0.164. The summed E-state index contributed by atoms with van der Waals surface area (Å²) in [6.45, 7) is 3.57. The van der Waals surface area contributed by atoms with Crippen molar-refractivity contribution < 1.29 is 4.79 Å². The van der Waals surface area contributed by atoms with Gasteiger partial charge in [-0.05, 0) is 44.4 Å². The second-order valence-corrected chi connectivity index (χ2v) is 5.43. The highest BCUT2D eigenvalue weighted by Crippen LogP contribution is 2.18. The lowest BCUT2D eigenvalue weighted by atomic mass is 10.2. The van der Waals surface area contributed by atoms with E-state index in [0.717, 1.165) is 43.6 Å². The molecule has 5 nitrogen and oxygen atoms in total. The van der Waals surface area contributed by atoms with E-state index in [0.29, 0.717) is 18.2 Å². The van der Waals surface area contributed by atoms with Crippen molar-refractivity contribution in [1.29, 1.82) is 5.26 Å². The highest BCUT2D eigenvalue weighted by Gasteiger charge is 2.22. The lowest BCUT2D eigenvalue weighted by molar-refractivity contribution is -0.121. The summed E-state index contributed by atoms with van der Waals surface area (Å²) >= 11 is 0. The van der Waals surface area contributed by atoms with Gasteiger partial charge in [0.25, 0.3) is 0 Å². The molecule has 0 aliphatic heterocycles. The van der Waals surface area contributed by atoms with Crippen molar-refractivity contribution >= 4 is 5.91 Å². The summed E-state index contributed by atoms with van der Waals surface area (Å²) < 4.78 is 1.90. The van der Waals surface area contributed by atoms with E-state index < -0.39 is 0 Å². The van der Waals surface area contributed by atoms with Crippen LogP contribution in [0.15, 0.2) is 6.07 Å². The normalized spacial score (nSPS) is 14.1. The molecule has 0 unspecified atom stereocenters. The van der Waals surface area contributed by atoms with Gasteiger partial charge in [-0.1, -0.05) is 0 Å². The van der Waals surface area contributed by atoms with E-state index in [1.807, 2.05) is 24.6 Å². The van der Waals surface area contributed by atoms with E-state index in [2.05, 4.69) is 16.7 Å². The van der Waals surface area contributed by atoms with Crippen LogP contribution < -0.4 is 10.6 Å². The third-order valence-corrected chi connectivity index (χ3v) is 3.77. The molecular formula is C15H22N4O. The number of carbonyl (C=O) groups excluding carboxylic acids is 1. The zero-order valence-electron chi connectivity index (χ0n) is 12.2. The Bertz CT molecular complexity index is 523. The van der Waals surface area contributed by atoms with Crippen molar-refractivity contribution in [3.8, 4) is 6.07 Å². The van der Waals surface area contributed by atoms with Gasteiger partial charge in [-0.25, -0.2) is 0 Å². The molecule has 2 N–H and O–H groups in total. The molecule has 1 aromatic heterocycles.